The fraction of sp³-hybridized carbons (Fsp3) is 0.900. The number of hydrogen-bond donors (Lipinski definition) is 2. The van der Waals surface area contributed by atoms with E-state index in [-0.39, 0.29) is 18.1 Å². The van der Waals surface area contributed by atoms with E-state index in [1.54, 1.807) is 0 Å². The van der Waals surface area contributed by atoms with Crippen LogP contribution in [0.5, 0.6) is 0 Å². The molecule has 0 bridgehead atoms. The summed E-state index contributed by atoms with van der Waals surface area (Å²) < 4.78 is 5.28. The first-order valence-corrected chi connectivity index (χ1v) is 5.36. The minimum absolute atomic E-state index is 0.0343. The summed E-state index contributed by atoms with van der Waals surface area (Å²) in [5.74, 6) is 0.0343. The van der Waals surface area contributed by atoms with Crippen LogP contribution >= 0.6 is 0 Å². The van der Waals surface area contributed by atoms with Crippen LogP contribution in [0, 0.1) is 0 Å². The Balaban J connectivity index is 2.18. The minimum atomic E-state index is -0.213. The standard InChI is InChI=1S/C10H20N2O2/c1-8(4-2-6-11)12-10(13)9-5-3-7-14-9/h8-9H,2-7,11H2,1H3,(H,12,13). The van der Waals surface area contributed by atoms with Crippen LogP contribution in [-0.2, 0) is 9.53 Å². The molecule has 1 amide bonds. The van der Waals surface area contributed by atoms with E-state index in [0.717, 1.165) is 32.3 Å². The molecule has 0 radical (unpaired) electrons. The first-order valence-electron chi connectivity index (χ1n) is 5.36. The summed E-state index contributed by atoms with van der Waals surface area (Å²) in [6.45, 7) is 3.40. The van der Waals surface area contributed by atoms with Gasteiger partial charge >= 0.3 is 0 Å². The highest BCUT2D eigenvalue weighted by atomic mass is 16.5. The van der Waals surface area contributed by atoms with Crippen molar-refractivity contribution in [3.8, 4) is 0 Å². The van der Waals surface area contributed by atoms with Crippen LogP contribution in [0.25, 0.3) is 0 Å². The van der Waals surface area contributed by atoms with Gasteiger partial charge < -0.3 is 15.8 Å². The highest BCUT2D eigenvalue weighted by Crippen LogP contribution is 2.12. The molecule has 14 heavy (non-hydrogen) atoms. The van der Waals surface area contributed by atoms with Crippen LogP contribution in [0.4, 0.5) is 0 Å². The van der Waals surface area contributed by atoms with Crippen molar-refractivity contribution in [3.05, 3.63) is 0 Å². The molecule has 2 atom stereocenters. The fourth-order valence-electron chi connectivity index (χ4n) is 1.62. The number of amides is 1. The second-order valence-corrected chi connectivity index (χ2v) is 3.84. The number of carbonyl (C=O) groups excluding carboxylic acids is 1. The lowest BCUT2D eigenvalue weighted by molar-refractivity contribution is -0.130. The van der Waals surface area contributed by atoms with E-state index >= 15 is 0 Å². The Morgan fingerprint density at radius 1 is 1.71 bits per heavy atom. The molecule has 0 spiro atoms. The maximum Gasteiger partial charge on any atom is 0.249 e. The molecule has 1 rings (SSSR count). The number of hydrogen-bond acceptors (Lipinski definition) is 3. The molecule has 82 valence electrons. The van der Waals surface area contributed by atoms with Crippen LogP contribution in [-0.4, -0.2) is 31.2 Å². The number of rotatable bonds is 5. The summed E-state index contributed by atoms with van der Waals surface area (Å²) in [5.41, 5.74) is 5.39. The molecule has 2 unspecified atom stereocenters. The van der Waals surface area contributed by atoms with E-state index in [1.165, 1.54) is 0 Å². The molecule has 0 aromatic rings. The molecule has 1 heterocycles. The number of nitrogens with two attached hydrogens (primary N) is 1. The van der Waals surface area contributed by atoms with Gasteiger partial charge in [0.25, 0.3) is 0 Å². The maximum atomic E-state index is 11.6. The molecule has 0 aromatic heterocycles. The summed E-state index contributed by atoms with van der Waals surface area (Å²) in [5, 5.41) is 2.94. The average molecular weight is 200 g/mol. The third-order valence-electron chi connectivity index (χ3n) is 2.45. The summed E-state index contributed by atoms with van der Waals surface area (Å²) >= 11 is 0. The van der Waals surface area contributed by atoms with Crippen LogP contribution in [0.3, 0.4) is 0 Å². The molecule has 4 nitrogen and oxygen atoms in total. The van der Waals surface area contributed by atoms with Gasteiger partial charge in [0.2, 0.25) is 5.91 Å². The van der Waals surface area contributed by atoms with Gasteiger partial charge in [0, 0.05) is 12.6 Å². The van der Waals surface area contributed by atoms with Crippen molar-refractivity contribution in [3.63, 3.8) is 0 Å². The number of carbonyl (C=O) groups is 1. The lowest BCUT2D eigenvalue weighted by Gasteiger charge is -2.16. The summed E-state index contributed by atoms with van der Waals surface area (Å²) in [6.07, 6.45) is 3.53. The Bertz CT molecular complexity index is 179. The Kier molecular flexibility index (Phi) is 4.90. The number of nitrogens with one attached hydrogen (secondary N) is 1. The largest absolute Gasteiger partial charge is 0.368 e. The van der Waals surface area contributed by atoms with Gasteiger partial charge in [-0.1, -0.05) is 0 Å². The predicted molar refractivity (Wildman–Crippen MR) is 54.9 cm³/mol. The molecular formula is C10H20N2O2. The van der Waals surface area contributed by atoms with Gasteiger partial charge in [-0.15, -0.1) is 0 Å². The van der Waals surface area contributed by atoms with Crippen LogP contribution in [0.2, 0.25) is 0 Å². The molecule has 1 aliphatic heterocycles. The summed E-state index contributed by atoms with van der Waals surface area (Å²) in [7, 11) is 0. The van der Waals surface area contributed by atoms with Gasteiger partial charge in [-0.3, -0.25) is 4.79 Å². The lowest BCUT2D eigenvalue weighted by atomic mass is 10.1. The van der Waals surface area contributed by atoms with E-state index in [0.29, 0.717) is 6.54 Å². The minimum Gasteiger partial charge on any atom is -0.368 e. The fourth-order valence-corrected chi connectivity index (χ4v) is 1.62. The monoisotopic (exact) mass is 200 g/mol. The van der Waals surface area contributed by atoms with Gasteiger partial charge in [-0.2, -0.15) is 0 Å². The quantitative estimate of drug-likeness (QED) is 0.675. The Labute approximate surface area is 85.2 Å². The molecule has 0 aliphatic carbocycles. The van der Waals surface area contributed by atoms with Crippen molar-refractivity contribution >= 4 is 5.91 Å². The van der Waals surface area contributed by atoms with Gasteiger partial charge in [-0.05, 0) is 39.2 Å². The highest BCUT2D eigenvalue weighted by molar-refractivity contribution is 5.81. The normalized spacial score (nSPS) is 23.4. The van der Waals surface area contributed by atoms with Crippen molar-refractivity contribution in [2.45, 2.75) is 44.8 Å². The first-order chi connectivity index (χ1) is 6.74. The van der Waals surface area contributed by atoms with Crippen LogP contribution in [0.15, 0.2) is 0 Å². The first kappa shape index (κ1) is 11.5. The molecule has 4 heteroatoms. The van der Waals surface area contributed by atoms with E-state index in [4.69, 9.17) is 10.5 Å². The Morgan fingerprint density at radius 2 is 2.50 bits per heavy atom. The topological polar surface area (TPSA) is 64.3 Å². The van der Waals surface area contributed by atoms with Crippen LogP contribution in [0.1, 0.15) is 32.6 Å². The van der Waals surface area contributed by atoms with Gasteiger partial charge in [0.1, 0.15) is 6.10 Å². The highest BCUT2D eigenvalue weighted by Gasteiger charge is 2.24. The third kappa shape index (κ3) is 3.64. The number of ether oxygens (including phenoxy) is 1. The molecule has 0 aromatic carbocycles. The van der Waals surface area contributed by atoms with Gasteiger partial charge in [-0.25, -0.2) is 0 Å². The lowest BCUT2D eigenvalue weighted by Crippen LogP contribution is -2.39. The van der Waals surface area contributed by atoms with Crippen molar-refractivity contribution in [1.29, 1.82) is 0 Å². The molecule has 1 saturated heterocycles. The van der Waals surface area contributed by atoms with E-state index in [1.807, 2.05) is 6.92 Å². The molecule has 3 N–H and O–H groups in total. The smallest absolute Gasteiger partial charge is 0.249 e. The summed E-state index contributed by atoms with van der Waals surface area (Å²) in [6, 6.07) is 0.204. The molecular weight excluding hydrogens is 180 g/mol. The van der Waals surface area contributed by atoms with Crippen molar-refractivity contribution < 1.29 is 9.53 Å². The van der Waals surface area contributed by atoms with Crippen LogP contribution < -0.4 is 11.1 Å². The molecule has 1 fully saturated rings. The van der Waals surface area contributed by atoms with E-state index < -0.39 is 0 Å². The second kappa shape index (κ2) is 5.98. The van der Waals surface area contributed by atoms with Crippen molar-refractivity contribution in [2.24, 2.45) is 5.73 Å². The Hall–Kier alpha value is -0.610. The second-order valence-electron chi connectivity index (χ2n) is 3.84. The molecule has 1 aliphatic rings. The zero-order chi connectivity index (χ0) is 10.4. The van der Waals surface area contributed by atoms with Crippen molar-refractivity contribution in [1.82, 2.24) is 5.32 Å². The van der Waals surface area contributed by atoms with Crippen molar-refractivity contribution in [2.75, 3.05) is 13.2 Å². The van der Waals surface area contributed by atoms with E-state index in [2.05, 4.69) is 5.32 Å². The SMILES string of the molecule is CC(CCCN)NC(=O)C1CCCO1. The maximum absolute atomic E-state index is 11.6. The van der Waals surface area contributed by atoms with E-state index in [9.17, 15) is 4.79 Å². The average Bonchev–Trinajstić information content (AvgIpc) is 2.67. The zero-order valence-electron chi connectivity index (χ0n) is 8.79. The Morgan fingerprint density at radius 3 is 3.07 bits per heavy atom. The third-order valence-corrected chi connectivity index (χ3v) is 2.45. The summed E-state index contributed by atoms with van der Waals surface area (Å²) in [4.78, 5) is 11.6. The predicted octanol–water partition coefficient (Wildman–Crippen LogP) is 0.409. The van der Waals surface area contributed by atoms with Gasteiger partial charge in [0.05, 0.1) is 0 Å². The zero-order valence-corrected chi connectivity index (χ0v) is 8.79. The van der Waals surface area contributed by atoms with Gasteiger partial charge in [0.15, 0.2) is 0 Å². The molecule has 0 saturated carbocycles.